The van der Waals surface area contributed by atoms with Crippen LogP contribution in [-0.2, 0) is 11.3 Å². The summed E-state index contributed by atoms with van der Waals surface area (Å²) in [6.45, 7) is 0.0793. The van der Waals surface area contributed by atoms with Crippen molar-refractivity contribution in [1.82, 2.24) is 4.57 Å². The zero-order valence-electron chi connectivity index (χ0n) is 10.00. The van der Waals surface area contributed by atoms with Crippen molar-refractivity contribution in [3.63, 3.8) is 0 Å². The van der Waals surface area contributed by atoms with Crippen LogP contribution in [0.2, 0.25) is 0 Å². The van der Waals surface area contributed by atoms with E-state index in [-0.39, 0.29) is 12.5 Å². The van der Waals surface area contributed by atoms with Gasteiger partial charge in [0.05, 0.1) is 11.6 Å². The molecule has 0 fully saturated rings. The van der Waals surface area contributed by atoms with Crippen molar-refractivity contribution in [3.8, 4) is 12.1 Å². The summed E-state index contributed by atoms with van der Waals surface area (Å²) in [6.07, 6.45) is 1.68. The Morgan fingerprint density at radius 3 is 2.53 bits per heavy atom. The standard InChI is InChI=1S/C14H10N4O/c15-8-11-3-5-12(6-4-11)17-14(19)10-18-7-1-2-13(18)9-16/h1-7H,10H2,(H,17,19). The van der Waals surface area contributed by atoms with Crippen LogP contribution in [0, 0.1) is 22.7 Å². The molecular formula is C14H10N4O. The van der Waals surface area contributed by atoms with Gasteiger partial charge in [0.1, 0.15) is 18.3 Å². The fourth-order valence-electron chi connectivity index (χ4n) is 1.64. The molecule has 0 aliphatic carbocycles. The van der Waals surface area contributed by atoms with Gasteiger partial charge in [-0.2, -0.15) is 10.5 Å². The number of nitriles is 2. The summed E-state index contributed by atoms with van der Waals surface area (Å²) >= 11 is 0. The molecule has 1 aromatic heterocycles. The molecule has 0 saturated heterocycles. The van der Waals surface area contributed by atoms with Crippen molar-refractivity contribution in [1.29, 1.82) is 10.5 Å². The largest absolute Gasteiger partial charge is 0.330 e. The van der Waals surface area contributed by atoms with E-state index in [1.807, 2.05) is 12.1 Å². The average Bonchev–Trinajstić information content (AvgIpc) is 2.86. The number of nitrogens with one attached hydrogen (secondary N) is 1. The van der Waals surface area contributed by atoms with Gasteiger partial charge in [-0.3, -0.25) is 4.79 Å². The summed E-state index contributed by atoms with van der Waals surface area (Å²) in [7, 11) is 0. The van der Waals surface area contributed by atoms with Gasteiger partial charge in [-0.1, -0.05) is 0 Å². The number of hydrogen-bond acceptors (Lipinski definition) is 3. The normalized spacial score (nSPS) is 9.37. The van der Waals surface area contributed by atoms with E-state index in [4.69, 9.17) is 10.5 Å². The van der Waals surface area contributed by atoms with Crippen molar-refractivity contribution in [2.75, 3.05) is 5.32 Å². The lowest BCUT2D eigenvalue weighted by Gasteiger charge is -2.07. The minimum atomic E-state index is -0.225. The van der Waals surface area contributed by atoms with E-state index in [0.717, 1.165) is 0 Å². The number of amides is 1. The maximum atomic E-state index is 11.8. The number of carbonyl (C=O) groups excluding carboxylic acids is 1. The number of carbonyl (C=O) groups is 1. The van der Waals surface area contributed by atoms with E-state index in [0.29, 0.717) is 16.9 Å². The lowest BCUT2D eigenvalue weighted by molar-refractivity contribution is -0.116. The highest BCUT2D eigenvalue weighted by molar-refractivity contribution is 5.90. The fraction of sp³-hybridized carbons (Fsp3) is 0.0714. The molecule has 0 unspecified atom stereocenters. The number of hydrogen-bond donors (Lipinski definition) is 1. The van der Waals surface area contributed by atoms with E-state index in [1.165, 1.54) is 0 Å². The molecule has 2 aromatic rings. The molecule has 1 N–H and O–H groups in total. The van der Waals surface area contributed by atoms with Gasteiger partial charge in [0.15, 0.2) is 0 Å². The van der Waals surface area contributed by atoms with E-state index in [2.05, 4.69) is 5.32 Å². The summed E-state index contributed by atoms with van der Waals surface area (Å²) in [6, 6.07) is 14.0. The van der Waals surface area contributed by atoms with Crippen molar-refractivity contribution in [2.45, 2.75) is 6.54 Å². The van der Waals surface area contributed by atoms with E-state index in [9.17, 15) is 4.79 Å². The third-order valence-electron chi connectivity index (χ3n) is 2.56. The summed E-state index contributed by atoms with van der Waals surface area (Å²) in [4.78, 5) is 11.8. The highest BCUT2D eigenvalue weighted by atomic mass is 16.1. The minimum Gasteiger partial charge on any atom is -0.330 e. The van der Waals surface area contributed by atoms with Gasteiger partial charge < -0.3 is 9.88 Å². The van der Waals surface area contributed by atoms with E-state index >= 15 is 0 Å². The topological polar surface area (TPSA) is 81.6 Å². The van der Waals surface area contributed by atoms with Gasteiger partial charge >= 0.3 is 0 Å². The number of aromatic nitrogens is 1. The molecule has 0 bridgehead atoms. The second kappa shape index (κ2) is 5.52. The number of benzene rings is 1. The molecule has 5 nitrogen and oxygen atoms in total. The summed E-state index contributed by atoms with van der Waals surface area (Å²) in [5.41, 5.74) is 1.60. The molecule has 5 heteroatoms. The Morgan fingerprint density at radius 1 is 1.16 bits per heavy atom. The Morgan fingerprint density at radius 2 is 1.89 bits per heavy atom. The zero-order chi connectivity index (χ0) is 13.7. The highest BCUT2D eigenvalue weighted by Gasteiger charge is 2.06. The van der Waals surface area contributed by atoms with Crippen LogP contribution in [0.1, 0.15) is 11.3 Å². The van der Waals surface area contributed by atoms with Crippen LogP contribution in [0.15, 0.2) is 42.6 Å². The second-order valence-corrected chi connectivity index (χ2v) is 3.87. The van der Waals surface area contributed by atoms with Crippen molar-refractivity contribution < 1.29 is 4.79 Å². The Hall–Kier alpha value is -3.05. The first kappa shape index (κ1) is 12.4. The lowest BCUT2D eigenvalue weighted by atomic mass is 10.2. The van der Waals surface area contributed by atoms with Crippen LogP contribution >= 0.6 is 0 Å². The van der Waals surface area contributed by atoms with Crippen molar-refractivity contribution >= 4 is 11.6 Å². The first-order valence-electron chi connectivity index (χ1n) is 5.58. The SMILES string of the molecule is N#Cc1ccc(NC(=O)Cn2cccc2C#N)cc1. The maximum Gasteiger partial charge on any atom is 0.244 e. The van der Waals surface area contributed by atoms with Gasteiger partial charge in [0.2, 0.25) is 5.91 Å². The van der Waals surface area contributed by atoms with Crippen molar-refractivity contribution in [2.24, 2.45) is 0 Å². The summed E-state index contributed by atoms with van der Waals surface area (Å²) < 4.78 is 1.57. The highest BCUT2D eigenvalue weighted by Crippen LogP contribution is 2.09. The molecule has 92 valence electrons. The predicted octanol–water partition coefficient (Wildman–Crippen LogP) is 1.87. The molecule has 1 aromatic carbocycles. The predicted molar refractivity (Wildman–Crippen MR) is 68.9 cm³/mol. The van der Waals surface area contributed by atoms with Crippen LogP contribution in [-0.4, -0.2) is 10.5 Å². The van der Waals surface area contributed by atoms with Gasteiger partial charge in [-0.25, -0.2) is 0 Å². The number of anilines is 1. The first-order valence-corrected chi connectivity index (χ1v) is 5.58. The molecule has 0 aliphatic rings. The minimum absolute atomic E-state index is 0.0793. The molecule has 0 spiro atoms. The van der Waals surface area contributed by atoms with E-state index < -0.39 is 0 Å². The molecular weight excluding hydrogens is 240 g/mol. The number of rotatable bonds is 3. The summed E-state index contributed by atoms with van der Waals surface area (Å²) in [5.74, 6) is -0.225. The molecule has 1 amide bonds. The van der Waals surface area contributed by atoms with E-state index in [1.54, 1.807) is 47.2 Å². The second-order valence-electron chi connectivity index (χ2n) is 3.87. The molecule has 0 atom stereocenters. The maximum absolute atomic E-state index is 11.8. The van der Waals surface area contributed by atoms with Crippen LogP contribution in [0.3, 0.4) is 0 Å². The van der Waals surface area contributed by atoms with Crippen LogP contribution in [0.5, 0.6) is 0 Å². The monoisotopic (exact) mass is 250 g/mol. The first-order chi connectivity index (χ1) is 9.22. The fourth-order valence-corrected chi connectivity index (χ4v) is 1.64. The molecule has 0 radical (unpaired) electrons. The Kier molecular flexibility index (Phi) is 3.61. The quantitative estimate of drug-likeness (QED) is 0.902. The Balaban J connectivity index is 2.02. The summed E-state index contributed by atoms with van der Waals surface area (Å²) in [5, 5.41) is 20.2. The van der Waals surface area contributed by atoms with Crippen molar-refractivity contribution in [3.05, 3.63) is 53.9 Å². The molecule has 1 heterocycles. The molecule has 0 aliphatic heterocycles. The molecule has 2 rings (SSSR count). The third kappa shape index (κ3) is 2.99. The van der Waals surface area contributed by atoms with Gasteiger partial charge in [-0.15, -0.1) is 0 Å². The lowest BCUT2D eigenvalue weighted by Crippen LogP contribution is -2.18. The zero-order valence-corrected chi connectivity index (χ0v) is 10.00. The van der Waals surface area contributed by atoms with Crippen LogP contribution in [0.4, 0.5) is 5.69 Å². The number of nitrogens with zero attached hydrogens (tertiary/aromatic N) is 3. The van der Waals surface area contributed by atoms with Gasteiger partial charge in [0, 0.05) is 11.9 Å². The molecule has 0 saturated carbocycles. The Labute approximate surface area is 110 Å². The van der Waals surface area contributed by atoms with Gasteiger partial charge in [0.25, 0.3) is 0 Å². The van der Waals surface area contributed by atoms with Crippen LogP contribution in [0.25, 0.3) is 0 Å². The Bertz CT molecular complexity index is 671. The smallest absolute Gasteiger partial charge is 0.244 e. The third-order valence-corrected chi connectivity index (χ3v) is 2.56. The van der Waals surface area contributed by atoms with Gasteiger partial charge in [-0.05, 0) is 36.4 Å². The molecule has 19 heavy (non-hydrogen) atoms. The average molecular weight is 250 g/mol. The van der Waals surface area contributed by atoms with Crippen LogP contribution < -0.4 is 5.32 Å².